The zero-order valence-electron chi connectivity index (χ0n) is 9.92. The fraction of sp³-hybridized carbons (Fsp3) is 0. The van der Waals surface area contributed by atoms with Crippen LogP contribution in [0.25, 0.3) is 0 Å². The van der Waals surface area contributed by atoms with Gasteiger partial charge in [-0.15, -0.1) is 0 Å². The first kappa shape index (κ1) is 12.7. The number of hydrogen-bond acceptors (Lipinski definition) is 4. The molecule has 0 amide bonds. The number of hydrogen-bond donors (Lipinski definition) is 0. The Bertz CT molecular complexity index is 798. The van der Waals surface area contributed by atoms with Crippen molar-refractivity contribution >= 4 is 33.2 Å². The molecule has 1 aliphatic carbocycles. The quantitative estimate of drug-likeness (QED) is 0.507. The second kappa shape index (κ2) is 4.35. The zero-order chi connectivity index (χ0) is 14.4. The van der Waals surface area contributed by atoms with Crippen LogP contribution in [0.4, 0.5) is 5.69 Å². The van der Waals surface area contributed by atoms with Crippen molar-refractivity contribution in [1.29, 1.82) is 0 Å². The number of halogens is 1. The van der Waals surface area contributed by atoms with Crippen LogP contribution in [0.1, 0.15) is 31.8 Å². The number of fused-ring (bicyclic) bond motifs is 2. The predicted molar refractivity (Wildman–Crippen MR) is 74.1 cm³/mol. The van der Waals surface area contributed by atoms with E-state index in [1.165, 1.54) is 18.2 Å². The van der Waals surface area contributed by atoms with Crippen molar-refractivity contribution in [3.8, 4) is 0 Å². The molecule has 1 aliphatic rings. The lowest BCUT2D eigenvalue weighted by Gasteiger charge is -2.18. The Labute approximate surface area is 121 Å². The molecule has 5 nitrogen and oxygen atoms in total. The number of carbonyl (C=O) groups is 2. The molecule has 0 saturated heterocycles. The molecule has 0 saturated carbocycles. The highest BCUT2D eigenvalue weighted by Gasteiger charge is 2.36. The van der Waals surface area contributed by atoms with Crippen molar-refractivity contribution in [2.24, 2.45) is 0 Å². The molecule has 6 heteroatoms. The van der Waals surface area contributed by atoms with E-state index in [9.17, 15) is 19.7 Å². The topological polar surface area (TPSA) is 77.3 Å². The molecule has 3 rings (SSSR count). The van der Waals surface area contributed by atoms with E-state index in [2.05, 4.69) is 15.9 Å². The molecule has 2 aromatic carbocycles. The van der Waals surface area contributed by atoms with Crippen molar-refractivity contribution in [1.82, 2.24) is 0 Å². The third-order valence-electron chi connectivity index (χ3n) is 3.20. The number of rotatable bonds is 1. The van der Waals surface area contributed by atoms with E-state index >= 15 is 0 Å². The lowest BCUT2D eigenvalue weighted by atomic mass is 9.83. The Balaban J connectivity index is 2.41. The van der Waals surface area contributed by atoms with Gasteiger partial charge in [-0.3, -0.25) is 19.7 Å². The number of carbonyl (C=O) groups excluding carboxylic acids is 2. The van der Waals surface area contributed by atoms with Crippen LogP contribution < -0.4 is 0 Å². The van der Waals surface area contributed by atoms with Gasteiger partial charge < -0.3 is 0 Å². The summed E-state index contributed by atoms with van der Waals surface area (Å²) in [5.74, 6) is -0.881. The summed E-state index contributed by atoms with van der Waals surface area (Å²) in [5.41, 5.74) is 0.0319. The normalized spacial score (nSPS) is 12.8. The van der Waals surface area contributed by atoms with E-state index in [1.807, 2.05) is 0 Å². The lowest BCUT2D eigenvalue weighted by Crippen LogP contribution is -2.22. The van der Waals surface area contributed by atoms with Gasteiger partial charge in [-0.2, -0.15) is 0 Å². The fourth-order valence-electron chi connectivity index (χ4n) is 2.32. The maximum Gasteiger partial charge on any atom is 0.281 e. The molecule has 0 aliphatic heterocycles. The summed E-state index contributed by atoms with van der Waals surface area (Å²) in [7, 11) is 0. The number of nitro benzene ring substituents is 1. The Morgan fingerprint density at radius 2 is 1.45 bits per heavy atom. The summed E-state index contributed by atoms with van der Waals surface area (Å²) >= 11 is 3.19. The van der Waals surface area contributed by atoms with Crippen molar-refractivity contribution < 1.29 is 14.5 Å². The van der Waals surface area contributed by atoms with Gasteiger partial charge in [0, 0.05) is 21.7 Å². The smallest absolute Gasteiger partial charge is 0.281 e. The molecule has 0 atom stereocenters. The van der Waals surface area contributed by atoms with Gasteiger partial charge in [0.1, 0.15) is 5.56 Å². The first-order valence-corrected chi connectivity index (χ1v) is 6.47. The largest absolute Gasteiger partial charge is 0.289 e. The molecule has 0 fully saturated rings. The molecule has 0 spiro atoms. The van der Waals surface area contributed by atoms with E-state index in [1.54, 1.807) is 18.2 Å². The Morgan fingerprint density at radius 1 is 0.900 bits per heavy atom. The molecule has 0 bridgehead atoms. The first-order chi connectivity index (χ1) is 9.52. The number of nitrogens with zero attached hydrogens (tertiary/aromatic N) is 1. The Morgan fingerprint density at radius 3 is 2.00 bits per heavy atom. The van der Waals surface area contributed by atoms with Crippen LogP contribution >= 0.6 is 15.9 Å². The first-order valence-electron chi connectivity index (χ1n) is 5.67. The molecule has 0 unspecified atom stereocenters. The minimum atomic E-state index is -0.648. The number of nitro groups is 1. The predicted octanol–water partition coefficient (Wildman–Crippen LogP) is 3.13. The molecule has 0 aromatic heterocycles. The number of benzene rings is 2. The highest BCUT2D eigenvalue weighted by atomic mass is 79.9. The Kier molecular flexibility index (Phi) is 2.76. The molecule has 2 aromatic rings. The summed E-state index contributed by atoms with van der Waals surface area (Å²) in [6.07, 6.45) is 0. The van der Waals surface area contributed by atoms with Crippen LogP contribution in [0.3, 0.4) is 0 Å². The summed E-state index contributed by atoms with van der Waals surface area (Å²) in [6, 6.07) is 8.96. The summed E-state index contributed by atoms with van der Waals surface area (Å²) in [6.45, 7) is 0. The summed E-state index contributed by atoms with van der Waals surface area (Å²) in [4.78, 5) is 35.3. The molecule has 0 heterocycles. The van der Waals surface area contributed by atoms with Gasteiger partial charge >= 0.3 is 0 Å². The summed E-state index contributed by atoms with van der Waals surface area (Å²) < 4.78 is 0.381. The molecule has 0 radical (unpaired) electrons. The summed E-state index contributed by atoms with van der Waals surface area (Å²) in [5, 5.41) is 11.1. The van der Waals surface area contributed by atoms with Gasteiger partial charge in [0.15, 0.2) is 5.78 Å². The standard InChI is InChI=1S/C14H6BrNO4/c15-9-5-6-10(16(19)20)12-11(9)13(17)7-3-1-2-4-8(7)14(12)18/h1-6H. The maximum absolute atomic E-state index is 12.5. The number of ketones is 2. The van der Waals surface area contributed by atoms with E-state index in [0.29, 0.717) is 4.47 Å². The average molecular weight is 332 g/mol. The average Bonchev–Trinajstić information content (AvgIpc) is 2.44. The van der Waals surface area contributed by atoms with Gasteiger partial charge in [0.05, 0.1) is 10.5 Å². The fourth-order valence-corrected chi connectivity index (χ4v) is 2.83. The third kappa shape index (κ3) is 1.61. The van der Waals surface area contributed by atoms with Crippen molar-refractivity contribution in [3.05, 3.63) is 73.2 Å². The van der Waals surface area contributed by atoms with Crippen LogP contribution in [0.2, 0.25) is 0 Å². The Hall–Kier alpha value is -2.34. The van der Waals surface area contributed by atoms with Crippen LogP contribution in [0, 0.1) is 10.1 Å². The van der Waals surface area contributed by atoms with Gasteiger partial charge in [0.2, 0.25) is 5.78 Å². The molecule has 20 heavy (non-hydrogen) atoms. The SMILES string of the molecule is O=C1c2ccccc2C(=O)c2c([N+](=O)[O-])ccc(Br)c21. The van der Waals surface area contributed by atoms with Crippen LogP contribution in [-0.2, 0) is 0 Å². The van der Waals surface area contributed by atoms with Crippen molar-refractivity contribution in [2.45, 2.75) is 0 Å². The van der Waals surface area contributed by atoms with Crippen LogP contribution in [-0.4, -0.2) is 16.5 Å². The van der Waals surface area contributed by atoms with E-state index in [-0.39, 0.29) is 33.7 Å². The van der Waals surface area contributed by atoms with Gasteiger partial charge in [0.25, 0.3) is 5.69 Å². The molecular formula is C14H6BrNO4. The van der Waals surface area contributed by atoms with Gasteiger partial charge in [-0.25, -0.2) is 0 Å². The van der Waals surface area contributed by atoms with Crippen molar-refractivity contribution in [2.75, 3.05) is 0 Å². The molecule has 98 valence electrons. The second-order valence-electron chi connectivity index (χ2n) is 4.28. The lowest BCUT2D eigenvalue weighted by molar-refractivity contribution is -0.385. The third-order valence-corrected chi connectivity index (χ3v) is 3.86. The van der Waals surface area contributed by atoms with E-state index in [0.717, 1.165) is 0 Å². The maximum atomic E-state index is 12.5. The van der Waals surface area contributed by atoms with Crippen LogP contribution in [0.5, 0.6) is 0 Å². The van der Waals surface area contributed by atoms with Gasteiger partial charge in [-0.05, 0) is 6.07 Å². The highest BCUT2D eigenvalue weighted by Crippen LogP contribution is 2.36. The zero-order valence-corrected chi connectivity index (χ0v) is 11.5. The minimum absolute atomic E-state index is 0.0582. The second-order valence-corrected chi connectivity index (χ2v) is 5.13. The monoisotopic (exact) mass is 331 g/mol. The minimum Gasteiger partial charge on any atom is -0.289 e. The van der Waals surface area contributed by atoms with Crippen molar-refractivity contribution in [3.63, 3.8) is 0 Å². The van der Waals surface area contributed by atoms with E-state index < -0.39 is 10.7 Å². The molecular weight excluding hydrogens is 326 g/mol. The highest BCUT2D eigenvalue weighted by molar-refractivity contribution is 9.10. The van der Waals surface area contributed by atoms with E-state index in [4.69, 9.17) is 0 Å². The molecule has 0 N–H and O–H groups in total. The van der Waals surface area contributed by atoms with Gasteiger partial charge in [-0.1, -0.05) is 40.2 Å². The van der Waals surface area contributed by atoms with Crippen LogP contribution in [0.15, 0.2) is 40.9 Å².